The quantitative estimate of drug-likeness (QED) is 0.263. The molecular weight excluding hydrogens is 516 g/mol. The fourth-order valence-electron chi connectivity index (χ4n) is 2.92. The van der Waals surface area contributed by atoms with Crippen LogP contribution in [0.4, 0.5) is 0 Å². The Balaban J connectivity index is 0.00000280. The zero-order chi connectivity index (χ0) is 19.1. The number of aromatic nitrogens is 1. The second kappa shape index (κ2) is 11.7. The van der Waals surface area contributed by atoms with Crippen molar-refractivity contribution in [2.75, 3.05) is 46.4 Å². The van der Waals surface area contributed by atoms with E-state index in [1.807, 2.05) is 12.1 Å². The van der Waals surface area contributed by atoms with E-state index >= 15 is 0 Å². The summed E-state index contributed by atoms with van der Waals surface area (Å²) in [6, 6.07) is 7.25. The first-order chi connectivity index (χ1) is 13.2. The number of guanidine groups is 1. The van der Waals surface area contributed by atoms with E-state index in [0.29, 0.717) is 28.9 Å². The molecule has 0 bridgehead atoms. The van der Waals surface area contributed by atoms with Crippen LogP contribution in [0.15, 0.2) is 40.0 Å². The molecule has 1 saturated heterocycles. The molecule has 0 unspecified atom stereocenters. The maximum Gasteiger partial charge on any atom is 0.193 e. The van der Waals surface area contributed by atoms with Crippen LogP contribution >= 0.6 is 47.2 Å². The van der Waals surface area contributed by atoms with Gasteiger partial charge >= 0.3 is 0 Å². The van der Waals surface area contributed by atoms with E-state index in [0.717, 1.165) is 44.4 Å². The van der Waals surface area contributed by atoms with Crippen LogP contribution in [0, 0.1) is 0 Å². The van der Waals surface area contributed by atoms with Gasteiger partial charge in [-0.2, -0.15) is 0 Å². The minimum atomic E-state index is 0. The summed E-state index contributed by atoms with van der Waals surface area (Å²) in [6.45, 7) is 5.59. The number of rotatable bonds is 6. The zero-order valence-electron chi connectivity index (χ0n) is 15.6. The summed E-state index contributed by atoms with van der Waals surface area (Å²) in [5, 5.41) is 8.23. The summed E-state index contributed by atoms with van der Waals surface area (Å²) in [5.74, 6) is 1.46. The first kappa shape index (κ1) is 23.1. The van der Waals surface area contributed by atoms with Crippen LogP contribution in [0.25, 0.3) is 0 Å². The molecule has 0 radical (unpaired) electrons. The summed E-state index contributed by atoms with van der Waals surface area (Å²) in [7, 11) is 1.79. The maximum atomic E-state index is 6.12. The average Bonchev–Trinajstić information content (AvgIpc) is 3.19. The average molecular weight is 540 g/mol. The van der Waals surface area contributed by atoms with Crippen LogP contribution in [-0.2, 0) is 6.54 Å². The predicted octanol–water partition coefficient (Wildman–Crippen LogP) is 3.37. The number of ether oxygens (including phenoxy) is 1. The van der Waals surface area contributed by atoms with Crippen molar-refractivity contribution < 1.29 is 9.26 Å². The van der Waals surface area contributed by atoms with Gasteiger partial charge in [-0.3, -0.25) is 9.89 Å². The van der Waals surface area contributed by atoms with Crippen LogP contribution in [0.5, 0.6) is 5.75 Å². The van der Waals surface area contributed by atoms with Gasteiger partial charge in [0.05, 0.1) is 17.3 Å². The molecule has 1 aliphatic heterocycles. The van der Waals surface area contributed by atoms with Gasteiger partial charge in [-0.1, -0.05) is 34.4 Å². The van der Waals surface area contributed by atoms with Gasteiger partial charge < -0.3 is 19.5 Å². The topological polar surface area (TPSA) is 66.1 Å². The third-order valence-electron chi connectivity index (χ3n) is 4.32. The number of hydrogen-bond donors (Lipinski definition) is 1. The fourth-order valence-corrected chi connectivity index (χ4v) is 3.26. The summed E-state index contributed by atoms with van der Waals surface area (Å²) in [5.41, 5.74) is 0.961. The molecular formula is C18H24Cl2IN5O2. The first-order valence-electron chi connectivity index (χ1n) is 8.81. The van der Waals surface area contributed by atoms with Crippen molar-refractivity contribution in [2.45, 2.75) is 6.54 Å². The normalized spacial score (nSPS) is 15.2. The van der Waals surface area contributed by atoms with Crippen molar-refractivity contribution in [2.24, 2.45) is 4.99 Å². The van der Waals surface area contributed by atoms with Crippen molar-refractivity contribution in [1.82, 2.24) is 20.3 Å². The molecule has 0 amide bonds. The highest BCUT2D eigenvalue weighted by atomic mass is 127. The Bertz CT molecular complexity index is 752. The molecule has 7 nitrogen and oxygen atoms in total. The predicted molar refractivity (Wildman–Crippen MR) is 122 cm³/mol. The first-order valence-corrected chi connectivity index (χ1v) is 9.57. The van der Waals surface area contributed by atoms with Crippen LogP contribution in [0.3, 0.4) is 0 Å². The van der Waals surface area contributed by atoms with Gasteiger partial charge in [0.2, 0.25) is 0 Å². The Kier molecular flexibility index (Phi) is 9.63. The Morgan fingerprint density at radius 2 is 2.04 bits per heavy atom. The molecule has 2 aromatic rings. The molecule has 154 valence electrons. The number of halogens is 3. The lowest BCUT2D eigenvalue weighted by Gasteiger charge is -2.36. The van der Waals surface area contributed by atoms with E-state index in [1.54, 1.807) is 25.4 Å². The smallest absolute Gasteiger partial charge is 0.193 e. The lowest BCUT2D eigenvalue weighted by molar-refractivity contribution is 0.168. The SMILES string of the molecule is CN=C(NCCOc1cccc(Cl)c1Cl)N1CCN(Cc2ccon2)CC1.I. The Hall–Kier alpha value is -1.23. The highest BCUT2D eigenvalue weighted by Gasteiger charge is 2.20. The van der Waals surface area contributed by atoms with Crippen molar-refractivity contribution in [3.05, 3.63) is 46.3 Å². The van der Waals surface area contributed by atoms with Gasteiger partial charge in [0.1, 0.15) is 23.6 Å². The van der Waals surface area contributed by atoms with E-state index in [1.165, 1.54) is 0 Å². The van der Waals surface area contributed by atoms with Crippen molar-refractivity contribution in [1.29, 1.82) is 0 Å². The lowest BCUT2D eigenvalue weighted by Crippen LogP contribution is -2.52. The highest BCUT2D eigenvalue weighted by Crippen LogP contribution is 2.31. The Morgan fingerprint density at radius 1 is 1.25 bits per heavy atom. The number of nitrogens with one attached hydrogen (secondary N) is 1. The molecule has 0 spiro atoms. The number of hydrogen-bond acceptors (Lipinski definition) is 5. The zero-order valence-corrected chi connectivity index (χ0v) is 19.4. The number of aliphatic imine (C=N–C) groups is 1. The van der Waals surface area contributed by atoms with Crippen molar-refractivity contribution in [3.63, 3.8) is 0 Å². The number of piperazine rings is 1. The van der Waals surface area contributed by atoms with Gasteiger partial charge in [0, 0.05) is 45.8 Å². The summed E-state index contributed by atoms with van der Waals surface area (Å²) >= 11 is 12.1. The van der Waals surface area contributed by atoms with Gasteiger partial charge in [-0.25, -0.2) is 0 Å². The van der Waals surface area contributed by atoms with Crippen molar-refractivity contribution in [3.8, 4) is 5.75 Å². The number of nitrogens with zero attached hydrogens (tertiary/aromatic N) is 4. The maximum absolute atomic E-state index is 6.12. The second-order valence-electron chi connectivity index (χ2n) is 6.13. The van der Waals surface area contributed by atoms with Crippen LogP contribution in [-0.4, -0.2) is 67.3 Å². The van der Waals surface area contributed by atoms with E-state index in [4.69, 9.17) is 32.5 Å². The monoisotopic (exact) mass is 539 g/mol. The Labute approximate surface area is 192 Å². The summed E-state index contributed by atoms with van der Waals surface area (Å²) in [6.07, 6.45) is 1.61. The second-order valence-corrected chi connectivity index (χ2v) is 6.91. The van der Waals surface area contributed by atoms with Gasteiger partial charge in [0.15, 0.2) is 5.96 Å². The van der Waals surface area contributed by atoms with E-state index in [2.05, 4.69) is 25.3 Å². The Morgan fingerprint density at radius 3 is 2.71 bits per heavy atom. The molecule has 28 heavy (non-hydrogen) atoms. The molecule has 1 aromatic carbocycles. The largest absolute Gasteiger partial charge is 0.490 e. The van der Waals surface area contributed by atoms with Gasteiger partial charge in [0.25, 0.3) is 0 Å². The molecule has 0 atom stereocenters. The summed E-state index contributed by atoms with van der Waals surface area (Å²) in [4.78, 5) is 8.97. The number of benzene rings is 1. The molecule has 0 saturated carbocycles. The van der Waals surface area contributed by atoms with Crippen LogP contribution in [0.2, 0.25) is 10.0 Å². The molecule has 1 N–H and O–H groups in total. The molecule has 3 rings (SSSR count). The highest BCUT2D eigenvalue weighted by molar-refractivity contribution is 14.0. The minimum absolute atomic E-state index is 0. The standard InChI is InChI=1S/C18H23Cl2N5O2.HI/c1-21-18(22-6-12-26-16-4-2-3-15(19)17(16)20)25-9-7-24(8-10-25)13-14-5-11-27-23-14;/h2-5,11H,6-10,12-13H2,1H3,(H,21,22);1H. The van der Waals surface area contributed by atoms with Crippen LogP contribution < -0.4 is 10.1 Å². The third-order valence-corrected chi connectivity index (χ3v) is 5.12. The van der Waals surface area contributed by atoms with Gasteiger partial charge in [-0.05, 0) is 12.1 Å². The lowest BCUT2D eigenvalue weighted by atomic mass is 10.3. The third kappa shape index (κ3) is 6.40. The van der Waals surface area contributed by atoms with Gasteiger partial charge in [-0.15, -0.1) is 24.0 Å². The van der Waals surface area contributed by atoms with E-state index in [9.17, 15) is 0 Å². The molecule has 1 aliphatic rings. The molecule has 1 aromatic heterocycles. The molecule has 1 fully saturated rings. The van der Waals surface area contributed by atoms with E-state index in [-0.39, 0.29) is 24.0 Å². The fraction of sp³-hybridized carbons (Fsp3) is 0.444. The molecule has 2 heterocycles. The van der Waals surface area contributed by atoms with E-state index < -0.39 is 0 Å². The summed E-state index contributed by atoms with van der Waals surface area (Å²) < 4.78 is 10.6. The van der Waals surface area contributed by atoms with Crippen molar-refractivity contribution >= 4 is 53.1 Å². The molecule has 10 heteroatoms. The minimum Gasteiger partial charge on any atom is -0.490 e. The molecule has 0 aliphatic carbocycles. The van der Waals surface area contributed by atoms with Crippen LogP contribution in [0.1, 0.15) is 5.69 Å².